The minimum Gasteiger partial charge on any atom is -0.385 e. The predicted octanol–water partition coefficient (Wildman–Crippen LogP) is 0.0676. The minimum absolute atomic E-state index is 0.494. The van der Waals surface area contributed by atoms with Crippen LogP contribution in [0.15, 0.2) is 0 Å². The summed E-state index contributed by atoms with van der Waals surface area (Å²) in [4.78, 5) is 0. The van der Waals surface area contributed by atoms with Gasteiger partial charge in [-0.1, -0.05) is 0 Å². The van der Waals surface area contributed by atoms with Gasteiger partial charge in [-0.3, -0.25) is 0 Å². The standard InChI is InChI=1S/C5H10O2S/c6-5(1-2-8)3-7-4-5/h6,8H,1-4H2. The first-order valence-corrected chi connectivity index (χ1v) is 3.31. The first-order chi connectivity index (χ1) is 3.77. The number of aliphatic hydroxyl groups is 1. The van der Waals surface area contributed by atoms with Crippen molar-refractivity contribution in [3.63, 3.8) is 0 Å². The van der Waals surface area contributed by atoms with E-state index in [1.165, 1.54) is 0 Å². The van der Waals surface area contributed by atoms with E-state index >= 15 is 0 Å². The molecule has 0 saturated carbocycles. The van der Waals surface area contributed by atoms with Crippen LogP contribution in [0.3, 0.4) is 0 Å². The van der Waals surface area contributed by atoms with Crippen LogP contribution in [0.1, 0.15) is 6.42 Å². The molecule has 1 rings (SSSR count). The second kappa shape index (κ2) is 2.25. The monoisotopic (exact) mass is 134 g/mol. The Kier molecular flexibility index (Phi) is 1.80. The van der Waals surface area contributed by atoms with Crippen LogP contribution >= 0.6 is 12.6 Å². The molecule has 0 bridgehead atoms. The molecule has 8 heavy (non-hydrogen) atoms. The van der Waals surface area contributed by atoms with E-state index in [2.05, 4.69) is 12.6 Å². The summed E-state index contributed by atoms with van der Waals surface area (Å²) in [5.41, 5.74) is -0.526. The van der Waals surface area contributed by atoms with Crippen molar-refractivity contribution in [2.24, 2.45) is 0 Å². The van der Waals surface area contributed by atoms with E-state index in [1.807, 2.05) is 0 Å². The lowest BCUT2D eigenvalue weighted by atomic mass is 10.00. The van der Waals surface area contributed by atoms with Crippen LogP contribution < -0.4 is 0 Å². The maximum Gasteiger partial charge on any atom is 0.112 e. The number of ether oxygens (including phenoxy) is 1. The summed E-state index contributed by atoms with van der Waals surface area (Å²) in [6.45, 7) is 0.987. The Morgan fingerprint density at radius 1 is 1.62 bits per heavy atom. The van der Waals surface area contributed by atoms with Crippen molar-refractivity contribution < 1.29 is 9.84 Å². The highest BCUT2D eigenvalue weighted by Crippen LogP contribution is 2.20. The van der Waals surface area contributed by atoms with E-state index in [0.29, 0.717) is 13.2 Å². The number of rotatable bonds is 2. The molecule has 1 fully saturated rings. The summed E-state index contributed by atoms with van der Waals surface area (Å²) in [6.07, 6.45) is 0.746. The Bertz CT molecular complexity index is 80.5. The largest absolute Gasteiger partial charge is 0.385 e. The van der Waals surface area contributed by atoms with Gasteiger partial charge in [-0.25, -0.2) is 0 Å². The molecular formula is C5H10O2S. The van der Waals surface area contributed by atoms with Gasteiger partial charge >= 0.3 is 0 Å². The van der Waals surface area contributed by atoms with Crippen molar-refractivity contribution in [1.82, 2.24) is 0 Å². The average molecular weight is 134 g/mol. The molecule has 0 atom stereocenters. The number of hydrogen-bond acceptors (Lipinski definition) is 3. The third-order valence-electron chi connectivity index (χ3n) is 1.32. The van der Waals surface area contributed by atoms with Gasteiger partial charge in [0.2, 0.25) is 0 Å². The summed E-state index contributed by atoms with van der Waals surface area (Å²) in [7, 11) is 0. The van der Waals surface area contributed by atoms with Crippen molar-refractivity contribution >= 4 is 12.6 Å². The lowest BCUT2D eigenvalue weighted by Crippen LogP contribution is -2.49. The van der Waals surface area contributed by atoms with E-state index < -0.39 is 5.60 Å². The van der Waals surface area contributed by atoms with E-state index in [4.69, 9.17) is 4.74 Å². The van der Waals surface area contributed by atoms with Crippen LogP contribution in [0.4, 0.5) is 0 Å². The molecule has 0 amide bonds. The Morgan fingerprint density at radius 3 is 2.38 bits per heavy atom. The molecule has 48 valence electrons. The normalized spacial score (nSPS) is 24.8. The highest BCUT2D eigenvalue weighted by molar-refractivity contribution is 7.80. The molecule has 0 aliphatic carbocycles. The van der Waals surface area contributed by atoms with Gasteiger partial charge in [-0.05, 0) is 12.2 Å². The van der Waals surface area contributed by atoms with E-state index in [1.54, 1.807) is 0 Å². The van der Waals surface area contributed by atoms with Gasteiger partial charge < -0.3 is 9.84 Å². The van der Waals surface area contributed by atoms with Gasteiger partial charge in [0.25, 0.3) is 0 Å². The Hall–Kier alpha value is 0.270. The Labute approximate surface area is 54.3 Å². The zero-order valence-electron chi connectivity index (χ0n) is 4.63. The van der Waals surface area contributed by atoms with E-state index in [9.17, 15) is 5.11 Å². The van der Waals surface area contributed by atoms with E-state index in [-0.39, 0.29) is 0 Å². The van der Waals surface area contributed by atoms with Gasteiger partial charge in [0.1, 0.15) is 5.60 Å². The topological polar surface area (TPSA) is 29.5 Å². The summed E-state index contributed by atoms with van der Waals surface area (Å²) in [5, 5.41) is 9.24. The molecule has 1 heterocycles. The first kappa shape index (κ1) is 6.39. The third-order valence-corrected chi connectivity index (χ3v) is 1.54. The zero-order valence-corrected chi connectivity index (χ0v) is 5.53. The van der Waals surface area contributed by atoms with Crippen molar-refractivity contribution in [3.05, 3.63) is 0 Å². The van der Waals surface area contributed by atoms with Crippen molar-refractivity contribution in [2.75, 3.05) is 19.0 Å². The quantitative estimate of drug-likeness (QED) is 0.523. The van der Waals surface area contributed by atoms with Crippen LogP contribution in [-0.2, 0) is 4.74 Å². The molecule has 0 aromatic rings. The predicted molar refractivity (Wildman–Crippen MR) is 34.2 cm³/mol. The molecule has 1 aliphatic heterocycles. The fraction of sp³-hybridized carbons (Fsp3) is 1.00. The molecule has 1 saturated heterocycles. The van der Waals surface area contributed by atoms with Gasteiger partial charge in [-0.15, -0.1) is 0 Å². The van der Waals surface area contributed by atoms with Crippen molar-refractivity contribution in [3.8, 4) is 0 Å². The average Bonchev–Trinajstić information content (AvgIpc) is 1.64. The maximum absolute atomic E-state index is 9.24. The molecule has 0 radical (unpaired) electrons. The summed E-state index contributed by atoms with van der Waals surface area (Å²) in [6, 6.07) is 0. The molecule has 1 aliphatic rings. The molecule has 1 N–H and O–H groups in total. The second-order valence-corrected chi connectivity index (χ2v) is 2.64. The van der Waals surface area contributed by atoms with Crippen molar-refractivity contribution in [1.29, 1.82) is 0 Å². The van der Waals surface area contributed by atoms with E-state index in [0.717, 1.165) is 12.2 Å². The van der Waals surface area contributed by atoms with Crippen LogP contribution in [0.5, 0.6) is 0 Å². The third kappa shape index (κ3) is 1.16. The number of hydrogen-bond donors (Lipinski definition) is 2. The second-order valence-electron chi connectivity index (χ2n) is 2.19. The van der Waals surface area contributed by atoms with Crippen molar-refractivity contribution in [2.45, 2.75) is 12.0 Å². The highest BCUT2D eigenvalue weighted by atomic mass is 32.1. The first-order valence-electron chi connectivity index (χ1n) is 2.68. The Morgan fingerprint density at radius 2 is 2.25 bits per heavy atom. The lowest BCUT2D eigenvalue weighted by Gasteiger charge is -2.35. The summed E-state index contributed by atoms with van der Waals surface area (Å²) in [5.74, 6) is 0.736. The molecule has 0 aromatic heterocycles. The minimum atomic E-state index is -0.526. The number of thiol groups is 1. The molecule has 2 nitrogen and oxygen atoms in total. The highest BCUT2D eigenvalue weighted by Gasteiger charge is 2.34. The zero-order chi connectivity index (χ0) is 6.04. The van der Waals surface area contributed by atoms with Crippen LogP contribution in [0, 0.1) is 0 Å². The van der Waals surface area contributed by atoms with Gasteiger partial charge in [0.05, 0.1) is 13.2 Å². The summed E-state index contributed by atoms with van der Waals surface area (Å²) >= 11 is 3.99. The summed E-state index contributed by atoms with van der Waals surface area (Å²) < 4.78 is 4.81. The van der Waals surface area contributed by atoms with Crippen LogP contribution in [-0.4, -0.2) is 29.7 Å². The Balaban J connectivity index is 2.20. The van der Waals surface area contributed by atoms with Gasteiger partial charge in [0, 0.05) is 0 Å². The molecule has 3 heteroatoms. The van der Waals surface area contributed by atoms with Gasteiger partial charge in [0.15, 0.2) is 0 Å². The van der Waals surface area contributed by atoms with Gasteiger partial charge in [-0.2, -0.15) is 12.6 Å². The smallest absolute Gasteiger partial charge is 0.112 e. The molecule has 0 unspecified atom stereocenters. The molecule has 0 aromatic carbocycles. The van der Waals surface area contributed by atoms with Crippen LogP contribution in [0.25, 0.3) is 0 Å². The lowest BCUT2D eigenvalue weighted by molar-refractivity contribution is -0.178. The molecular weight excluding hydrogens is 124 g/mol. The fourth-order valence-electron chi connectivity index (χ4n) is 0.690. The maximum atomic E-state index is 9.24. The fourth-order valence-corrected chi connectivity index (χ4v) is 1.11. The van der Waals surface area contributed by atoms with Crippen LogP contribution in [0.2, 0.25) is 0 Å². The molecule has 0 spiro atoms. The SMILES string of the molecule is OC1(CCS)COC1.